The van der Waals surface area contributed by atoms with Crippen molar-refractivity contribution in [3.05, 3.63) is 41.2 Å². The van der Waals surface area contributed by atoms with Gasteiger partial charge in [-0.3, -0.25) is 4.57 Å². The summed E-state index contributed by atoms with van der Waals surface area (Å²) in [5.74, 6) is 2.17. The predicted octanol–water partition coefficient (Wildman–Crippen LogP) is 4.74. The number of fused-ring (bicyclic) bond motifs is 2. The van der Waals surface area contributed by atoms with Gasteiger partial charge in [-0.1, -0.05) is 51.5 Å². The number of rotatable bonds is 8. The van der Waals surface area contributed by atoms with Gasteiger partial charge in [0.1, 0.15) is 5.82 Å². The molecule has 0 bridgehead atoms. The Hall–Kier alpha value is -1.88. The molecule has 2 heterocycles. The van der Waals surface area contributed by atoms with Gasteiger partial charge in [-0.25, -0.2) is 0 Å². The van der Waals surface area contributed by atoms with Crippen molar-refractivity contribution < 1.29 is 4.74 Å². The van der Waals surface area contributed by atoms with Crippen LogP contribution < -0.4 is 4.90 Å². The average molecular weight is 397 g/mol. The molecule has 1 saturated carbocycles. The molecule has 2 aromatic rings. The Labute approximate surface area is 175 Å². The number of hydrogen-bond acceptors (Lipinski definition) is 4. The van der Waals surface area contributed by atoms with Crippen LogP contribution in [0.2, 0.25) is 0 Å². The maximum Gasteiger partial charge on any atom is 0.227 e. The molecule has 1 aliphatic heterocycles. The summed E-state index contributed by atoms with van der Waals surface area (Å²) in [5, 5.41) is 9.23. The lowest BCUT2D eigenvalue weighted by atomic mass is 9.61. The van der Waals surface area contributed by atoms with E-state index in [-0.39, 0.29) is 5.41 Å². The summed E-state index contributed by atoms with van der Waals surface area (Å²) in [7, 11) is 1.79. The molecule has 5 nitrogen and oxygen atoms in total. The lowest BCUT2D eigenvalue weighted by molar-refractivity contribution is 0.0958. The third-order valence-corrected chi connectivity index (χ3v) is 6.93. The van der Waals surface area contributed by atoms with Crippen LogP contribution in [0.4, 0.5) is 5.95 Å². The fourth-order valence-electron chi connectivity index (χ4n) is 5.29. The van der Waals surface area contributed by atoms with Crippen molar-refractivity contribution >= 4 is 5.95 Å². The van der Waals surface area contributed by atoms with E-state index in [4.69, 9.17) is 4.74 Å². The predicted molar refractivity (Wildman–Crippen MR) is 117 cm³/mol. The monoisotopic (exact) mass is 396 g/mol. The van der Waals surface area contributed by atoms with Crippen LogP contribution in [-0.4, -0.2) is 35.0 Å². The summed E-state index contributed by atoms with van der Waals surface area (Å²) >= 11 is 0. The van der Waals surface area contributed by atoms with E-state index in [2.05, 4.69) is 64.7 Å². The van der Waals surface area contributed by atoms with Crippen LogP contribution >= 0.6 is 0 Å². The molecule has 4 rings (SSSR count). The molecule has 158 valence electrons. The number of hydrogen-bond donors (Lipinski definition) is 0. The number of benzene rings is 1. The Balaban J connectivity index is 1.56. The van der Waals surface area contributed by atoms with Gasteiger partial charge in [0.05, 0.1) is 6.61 Å². The molecular formula is C24H36N4O. The minimum Gasteiger partial charge on any atom is -0.384 e. The highest BCUT2D eigenvalue weighted by Crippen LogP contribution is 2.48. The van der Waals surface area contributed by atoms with Gasteiger partial charge >= 0.3 is 0 Å². The molecule has 5 heteroatoms. The molecule has 0 amide bonds. The molecular weight excluding hydrogens is 360 g/mol. The normalized spacial score (nSPS) is 18.0. The molecule has 1 aromatic carbocycles. The van der Waals surface area contributed by atoms with E-state index >= 15 is 0 Å². The number of aromatic nitrogens is 3. The van der Waals surface area contributed by atoms with Crippen LogP contribution in [-0.2, 0) is 29.7 Å². The Kier molecular flexibility index (Phi) is 5.69. The maximum absolute atomic E-state index is 5.39. The van der Waals surface area contributed by atoms with Gasteiger partial charge in [0, 0.05) is 38.6 Å². The summed E-state index contributed by atoms with van der Waals surface area (Å²) in [6.07, 6.45) is 7.09. The number of nitrogens with zero attached hydrogens (tertiary/aromatic N) is 4. The van der Waals surface area contributed by atoms with E-state index in [0.717, 1.165) is 57.3 Å². The number of aryl methyl sites for hydroxylation is 1. The minimum atomic E-state index is 0.204. The molecule has 2 aliphatic rings. The zero-order chi connectivity index (χ0) is 20.5. The number of methoxy groups -OCH3 is 1. The molecule has 1 aliphatic carbocycles. The highest BCUT2D eigenvalue weighted by Gasteiger charge is 2.45. The summed E-state index contributed by atoms with van der Waals surface area (Å²) in [6.45, 7) is 10.5. The first-order chi connectivity index (χ1) is 14.0. The van der Waals surface area contributed by atoms with Crippen LogP contribution in [0.5, 0.6) is 0 Å². The average Bonchev–Trinajstić information content (AvgIpc) is 3.08. The van der Waals surface area contributed by atoms with Gasteiger partial charge in [-0.15, -0.1) is 10.2 Å². The topological polar surface area (TPSA) is 43.2 Å². The van der Waals surface area contributed by atoms with Crippen LogP contribution in [0.1, 0.15) is 69.8 Å². The summed E-state index contributed by atoms with van der Waals surface area (Å²) in [4.78, 5) is 2.49. The van der Waals surface area contributed by atoms with E-state index in [1.165, 1.54) is 24.8 Å². The molecule has 1 spiro atoms. The van der Waals surface area contributed by atoms with Crippen molar-refractivity contribution in [1.82, 2.24) is 14.8 Å². The Bertz CT molecular complexity index is 837. The summed E-state index contributed by atoms with van der Waals surface area (Å²) in [6, 6.07) is 9.03. The van der Waals surface area contributed by atoms with E-state index in [1.54, 1.807) is 12.7 Å². The fraction of sp³-hybridized carbons (Fsp3) is 0.667. The van der Waals surface area contributed by atoms with Crippen molar-refractivity contribution in [3.63, 3.8) is 0 Å². The molecule has 1 fully saturated rings. The smallest absolute Gasteiger partial charge is 0.227 e. The van der Waals surface area contributed by atoms with Gasteiger partial charge in [-0.05, 0) is 42.2 Å². The third-order valence-electron chi connectivity index (χ3n) is 6.93. The third kappa shape index (κ3) is 3.94. The van der Waals surface area contributed by atoms with Gasteiger partial charge in [0.2, 0.25) is 5.95 Å². The molecule has 1 aromatic heterocycles. The fourth-order valence-corrected chi connectivity index (χ4v) is 5.29. The van der Waals surface area contributed by atoms with Gasteiger partial charge in [0.15, 0.2) is 0 Å². The molecule has 0 atom stereocenters. The van der Waals surface area contributed by atoms with E-state index in [0.29, 0.717) is 5.41 Å². The van der Waals surface area contributed by atoms with Gasteiger partial charge in [-0.2, -0.15) is 0 Å². The van der Waals surface area contributed by atoms with Crippen molar-refractivity contribution in [3.8, 4) is 0 Å². The molecule has 29 heavy (non-hydrogen) atoms. The number of ether oxygens (including phenoxy) is 1. The second kappa shape index (κ2) is 8.10. The Morgan fingerprint density at radius 1 is 1.17 bits per heavy atom. The maximum atomic E-state index is 5.39. The standard InChI is InChI=1S/C24H36N4O/c1-5-21-25-26-22(28(21)15-9-12-23(2,3)18-29-4)27-16-19-10-6-7-11-20(19)24(17-27)13-8-14-24/h6-7,10-11H,5,8-9,12-18H2,1-4H3. The Morgan fingerprint density at radius 2 is 1.97 bits per heavy atom. The highest BCUT2D eigenvalue weighted by atomic mass is 16.5. The van der Waals surface area contributed by atoms with Crippen molar-refractivity contribution in [1.29, 1.82) is 0 Å². The van der Waals surface area contributed by atoms with Crippen molar-refractivity contribution in [2.75, 3.05) is 25.2 Å². The van der Waals surface area contributed by atoms with E-state index < -0.39 is 0 Å². The second-order valence-electron chi connectivity index (χ2n) is 9.77. The van der Waals surface area contributed by atoms with E-state index in [9.17, 15) is 0 Å². The van der Waals surface area contributed by atoms with Crippen molar-refractivity contribution in [2.24, 2.45) is 5.41 Å². The van der Waals surface area contributed by atoms with E-state index in [1.807, 2.05) is 0 Å². The van der Waals surface area contributed by atoms with Crippen LogP contribution in [0, 0.1) is 5.41 Å². The van der Waals surface area contributed by atoms with Crippen LogP contribution in [0.15, 0.2) is 24.3 Å². The lowest BCUT2D eigenvalue weighted by Gasteiger charge is -2.50. The summed E-state index contributed by atoms with van der Waals surface area (Å²) in [5.41, 5.74) is 3.56. The van der Waals surface area contributed by atoms with Crippen LogP contribution in [0.25, 0.3) is 0 Å². The molecule has 0 unspecified atom stereocenters. The summed E-state index contributed by atoms with van der Waals surface area (Å²) < 4.78 is 7.77. The molecule has 0 radical (unpaired) electrons. The zero-order valence-electron chi connectivity index (χ0n) is 18.6. The molecule has 0 N–H and O–H groups in total. The minimum absolute atomic E-state index is 0.204. The first-order valence-corrected chi connectivity index (χ1v) is 11.2. The van der Waals surface area contributed by atoms with Crippen LogP contribution in [0.3, 0.4) is 0 Å². The van der Waals surface area contributed by atoms with Crippen molar-refractivity contribution in [2.45, 2.75) is 77.8 Å². The Morgan fingerprint density at radius 3 is 2.66 bits per heavy atom. The van der Waals surface area contributed by atoms with Gasteiger partial charge < -0.3 is 9.64 Å². The molecule has 0 saturated heterocycles. The highest BCUT2D eigenvalue weighted by molar-refractivity contribution is 5.47. The largest absolute Gasteiger partial charge is 0.384 e. The number of anilines is 1. The SMILES string of the molecule is CCc1nnc(N2Cc3ccccc3C3(CCC3)C2)n1CCCC(C)(C)COC. The second-order valence-corrected chi connectivity index (χ2v) is 9.77. The first kappa shape index (κ1) is 20.4. The van der Waals surface area contributed by atoms with Gasteiger partial charge in [0.25, 0.3) is 0 Å². The first-order valence-electron chi connectivity index (χ1n) is 11.2. The zero-order valence-corrected chi connectivity index (χ0v) is 18.6. The quantitative estimate of drug-likeness (QED) is 0.647. The lowest BCUT2D eigenvalue weighted by Crippen LogP contribution is -2.50.